The van der Waals surface area contributed by atoms with Crippen molar-refractivity contribution in [3.05, 3.63) is 53.6 Å². The van der Waals surface area contributed by atoms with Gasteiger partial charge in [0.15, 0.2) is 0 Å². The molecule has 0 aliphatic heterocycles. The fourth-order valence-electron chi connectivity index (χ4n) is 2.80. The molecule has 0 aromatic heterocycles. The summed E-state index contributed by atoms with van der Waals surface area (Å²) in [5.41, 5.74) is 4.74. The van der Waals surface area contributed by atoms with Gasteiger partial charge in [-0.05, 0) is 48.1 Å². The lowest BCUT2D eigenvalue weighted by atomic mass is 9.94. The first kappa shape index (κ1) is 15.6. The molecule has 0 aliphatic rings. The van der Waals surface area contributed by atoms with E-state index in [0.717, 1.165) is 24.0 Å². The number of phenols is 1. The summed E-state index contributed by atoms with van der Waals surface area (Å²) in [6, 6.07) is 14.4. The molecule has 0 heterocycles. The van der Waals surface area contributed by atoms with Crippen LogP contribution in [0.4, 0.5) is 0 Å². The number of aromatic hydroxyl groups is 1. The van der Waals surface area contributed by atoms with Gasteiger partial charge < -0.3 is 5.11 Å². The molecule has 0 atom stereocenters. The highest BCUT2D eigenvalue weighted by molar-refractivity contribution is 5.73. The number of benzene rings is 2. The van der Waals surface area contributed by atoms with Gasteiger partial charge in [0, 0.05) is 5.56 Å². The molecule has 0 unspecified atom stereocenters. The minimum atomic E-state index is 0.383. The maximum absolute atomic E-state index is 10.2. The van der Waals surface area contributed by atoms with Gasteiger partial charge in [0.2, 0.25) is 0 Å². The largest absolute Gasteiger partial charge is 0.507 e. The molecule has 1 nitrogen and oxygen atoms in total. The lowest BCUT2D eigenvalue weighted by molar-refractivity contribution is 0.477. The highest BCUT2D eigenvalue weighted by Gasteiger charge is 2.09. The minimum absolute atomic E-state index is 0.383. The van der Waals surface area contributed by atoms with Crippen LogP contribution in [-0.4, -0.2) is 5.11 Å². The number of unbranched alkanes of at least 4 members (excludes halogenated alkanes) is 3. The van der Waals surface area contributed by atoms with Crippen molar-refractivity contribution in [3.8, 4) is 16.9 Å². The lowest BCUT2D eigenvalue weighted by Crippen LogP contribution is -1.91. The highest BCUT2D eigenvalue weighted by Crippen LogP contribution is 2.33. The Kier molecular flexibility index (Phi) is 5.86. The van der Waals surface area contributed by atoms with Crippen LogP contribution < -0.4 is 0 Å². The van der Waals surface area contributed by atoms with E-state index >= 15 is 0 Å². The Labute approximate surface area is 128 Å². The first-order valence-electron chi connectivity index (χ1n) is 8.16. The van der Waals surface area contributed by atoms with Crippen molar-refractivity contribution in [2.24, 2.45) is 0 Å². The van der Waals surface area contributed by atoms with Crippen LogP contribution in [0.25, 0.3) is 11.1 Å². The van der Waals surface area contributed by atoms with Crippen molar-refractivity contribution in [2.45, 2.75) is 52.4 Å². The van der Waals surface area contributed by atoms with Crippen LogP contribution in [0, 0.1) is 0 Å². The Morgan fingerprint density at radius 2 is 1.67 bits per heavy atom. The Hall–Kier alpha value is -1.76. The van der Waals surface area contributed by atoms with Gasteiger partial charge >= 0.3 is 0 Å². The van der Waals surface area contributed by atoms with Gasteiger partial charge in [0.05, 0.1) is 0 Å². The third-order valence-electron chi connectivity index (χ3n) is 4.07. The molecule has 0 aliphatic carbocycles. The molecule has 2 aromatic rings. The Balaban J connectivity index is 2.23. The molecule has 0 fully saturated rings. The molecule has 1 N–H and O–H groups in total. The highest BCUT2D eigenvalue weighted by atomic mass is 16.3. The number of aryl methyl sites for hydroxylation is 2. The number of hydrogen-bond donors (Lipinski definition) is 1. The molecule has 112 valence electrons. The first-order valence-corrected chi connectivity index (χ1v) is 8.16. The first-order chi connectivity index (χ1) is 10.3. The van der Waals surface area contributed by atoms with Crippen LogP contribution in [0.3, 0.4) is 0 Å². The average Bonchev–Trinajstić information content (AvgIpc) is 2.53. The van der Waals surface area contributed by atoms with Crippen LogP contribution in [0.2, 0.25) is 0 Å². The smallest absolute Gasteiger partial charge is 0.123 e. The summed E-state index contributed by atoms with van der Waals surface area (Å²) in [7, 11) is 0. The van der Waals surface area contributed by atoms with Gasteiger partial charge in [-0.1, -0.05) is 63.4 Å². The zero-order chi connectivity index (χ0) is 15.1. The maximum atomic E-state index is 10.2. The molecule has 0 amide bonds. The zero-order valence-electron chi connectivity index (χ0n) is 13.2. The van der Waals surface area contributed by atoms with E-state index in [1.807, 2.05) is 12.1 Å². The molecule has 2 aromatic carbocycles. The summed E-state index contributed by atoms with van der Waals surface area (Å²) in [6.07, 6.45) is 7.18. The number of rotatable bonds is 7. The fourth-order valence-corrected chi connectivity index (χ4v) is 2.80. The van der Waals surface area contributed by atoms with Crippen molar-refractivity contribution in [1.29, 1.82) is 0 Å². The van der Waals surface area contributed by atoms with E-state index in [4.69, 9.17) is 0 Å². The van der Waals surface area contributed by atoms with Crippen LogP contribution in [0.15, 0.2) is 42.5 Å². The van der Waals surface area contributed by atoms with Gasteiger partial charge in [0.1, 0.15) is 5.75 Å². The predicted molar refractivity (Wildman–Crippen MR) is 90.8 cm³/mol. The number of phenolic OH excluding ortho intramolecular Hbond substituents is 1. The van der Waals surface area contributed by atoms with Crippen LogP contribution in [0.1, 0.15) is 50.7 Å². The summed E-state index contributed by atoms with van der Waals surface area (Å²) in [6.45, 7) is 4.39. The molecular weight excluding hydrogens is 256 g/mol. The van der Waals surface area contributed by atoms with Crippen molar-refractivity contribution < 1.29 is 5.11 Å². The molecule has 0 bridgehead atoms. The Bertz CT molecular complexity index is 572. The second-order valence-corrected chi connectivity index (χ2v) is 5.67. The summed E-state index contributed by atoms with van der Waals surface area (Å²) in [5.74, 6) is 0.383. The standard InChI is InChI=1S/C20H26O/c1-3-5-6-7-10-16-13-14-20(21)19(15-16)18-12-9-8-11-17(18)4-2/h8-9,11-15,21H,3-7,10H2,1-2H3. The maximum Gasteiger partial charge on any atom is 0.123 e. The van der Waals surface area contributed by atoms with Crippen LogP contribution in [0.5, 0.6) is 5.75 Å². The van der Waals surface area contributed by atoms with Gasteiger partial charge in [-0.15, -0.1) is 0 Å². The van der Waals surface area contributed by atoms with Gasteiger partial charge in [-0.2, -0.15) is 0 Å². The third kappa shape index (κ3) is 4.10. The fraction of sp³-hybridized carbons (Fsp3) is 0.400. The second-order valence-electron chi connectivity index (χ2n) is 5.67. The summed E-state index contributed by atoms with van der Waals surface area (Å²) < 4.78 is 0. The van der Waals surface area contributed by atoms with Crippen molar-refractivity contribution in [1.82, 2.24) is 0 Å². The van der Waals surface area contributed by atoms with E-state index in [-0.39, 0.29) is 0 Å². The molecule has 2 rings (SSSR count). The second kappa shape index (κ2) is 7.87. The average molecular weight is 282 g/mol. The predicted octanol–water partition coefficient (Wildman–Crippen LogP) is 5.74. The third-order valence-corrected chi connectivity index (χ3v) is 4.07. The Morgan fingerprint density at radius 1 is 0.857 bits per heavy atom. The summed E-state index contributed by atoms with van der Waals surface area (Å²) >= 11 is 0. The number of hydrogen-bond acceptors (Lipinski definition) is 1. The van der Waals surface area contributed by atoms with Crippen molar-refractivity contribution >= 4 is 0 Å². The lowest BCUT2D eigenvalue weighted by Gasteiger charge is -2.12. The van der Waals surface area contributed by atoms with Gasteiger partial charge in [-0.25, -0.2) is 0 Å². The van der Waals surface area contributed by atoms with E-state index in [9.17, 15) is 5.11 Å². The minimum Gasteiger partial charge on any atom is -0.507 e. The van der Waals surface area contributed by atoms with Crippen molar-refractivity contribution in [2.75, 3.05) is 0 Å². The van der Waals surface area contributed by atoms with Crippen LogP contribution >= 0.6 is 0 Å². The summed E-state index contributed by atoms with van der Waals surface area (Å²) in [5, 5.41) is 10.2. The molecule has 1 heteroatoms. The van der Waals surface area contributed by atoms with Gasteiger partial charge in [-0.3, -0.25) is 0 Å². The molecule has 21 heavy (non-hydrogen) atoms. The van der Waals surface area contributed by atoms with E-state index < -0.39 is 0 Å². The van der Waals surface area contributed by atoms with E-state index in [0.29, 0.717) is 5.75 Å². The monoisotopic (exact) mass is 282 g/mol. The molecule has 0 saturated carbocycles. The SMILES string of the molecule is CCCCCCc1ccc(O)c(-c2ccccc2CC)c1. The topological polar surface area (TPSA) is 20.2 Å². The van der Waals surface area contributed by atoms with Crippen LogP contribution in [-0.2, 0) is 12.8 Å². The quantitative estimate of drug-likeness (QED) is 0.641. The summed E-state index contributed by atoms with van der Waals surface area (Å²) in [4.78, 5) is 0. The zero-order valence-corrected chi connectivity index (χ0v) is 13.2. The van der Waals surface area contributed by atoms with E-state index in [1.54, 1.807) is 0 Å². The van der Waals surface area contributed by atoms with E-state index in [2.05, 4.69) is 44.2 Å². The van der Waals surface area contributed by atoms with E-state index in [1.165, 1.54) is 36.8 Å². The van der Waals surface area contributed by atoms with Crippen molar-refractivity contribution in [3.63, 3.8) is 0 Å². The molecule has 0 saturated heterocycles. The normalized spacial score (nSPS) is 10.8. The molecule has 0 radical (unpaired) electrons. The molecular formula is C20H26O. The van der Waals surface area contributed by atoms with Gasteiger partial charge in [0.25, 0.3) is 0 Å². The molecule has 0 spiro atoms. The Morgan fingerprint density at radius 3 is 2.43 bits per heavy atom.